The Bertz CT molecular complexity index is 933. The summed E-state index contributed by atoms with van der Waals surface area (Å²) in [7, 11) is 0. The van der Waals surface area contributed by atoms with Crippen LogP contribution in [-0.4, -0.2) is 59.6 Å². The molecule has 7 nitrogen and oxygen atoms in total. The van der Waals surface area contributed by atoms with Gasteiger partial charge in [-0.25, -0.2) is 0 Å². The molecule has 0 saturated carbocycles. The van der Waals surface area contributed by atoms with Gasteiger partial charge in [0.1, 0.15) is 0 Å². The molecule has 1 aromatic heterocycles. The Kier molecular flexibility index (Phi) is 6.39. The molecule has 0 N–H and O–H groups in total. The molecule has 170 valence electrons. The third-order valence-electron chi connectivity index (χ3n) is 7.12. The first kappa shape index (κ1) is 21.4. The van der Waals surface area contributed by atoms with Crippen molar-refractivity contribution < 1.29 is 9.59 Å². The summed E-state index contributed by atoms with van der Waals surface area (Å²) in [5.41, 5.74) is 1.40. The number of hydrogen-bond acceptors (Lipinski definition) is 6. The van der Waals surface area contributed by atoms with Gasteiger partial charge in [-0.15, -0.1) is 10.2 Å². The van der Waals surface area contributed by atoms with Crippen molar-refractivity contribution in [1.82, 2.24) is 15.1 Å². The third kappa shape index (κ3) is 4.65. The fraction of sp³-hybridized carbons (Fsp3) is 0.583. The molecular formula is C24H31N5O2S. The van der Waals surface area contributed by atoms with Crippen molar-refractivity contribution in [3.05, 3.63) is 35.9 Å². The molecule has 3 fully saturated rings. The van der Waals surface area contributed by atoms with E-state index in [4.69, 9.17) is 0 Å². The highest BCUT2D eigenvalue weighted by molar-refractivity contribution is 7.19. The van der Waals surface area contributed by atoms with E-state index in [0.717, 1.165) is 76.4 Å². The number of benzene rings is 1. The van der Waals surface area contributed by atoms with E-state index < -0.39 is 0 Å². The third-order valence-corrected chi connectivity index (χ3v) is 8.12. The Hall–Kier alpha value is -2.48. The molecule has 8 heteroatoms. The molecule has 3 saturated heterocycles. The number of carbonyl (C=O) groups excluding carboxylic acids is 2. The van der Waals surface area contributed by atoms with Crippen LogP contribution in [0.25, 0.3) is 0 Å². The quantitative estimate of drug-likeness (QED) is 0.694. The molecule has 3 aliphatic rings. The molecule has 32 heavy (non-hydrogen) atoms. The summed E-state index contributed by atoms with van der Waals surface area (Å²) in [5.74, 6) is 1.27. The van der Waals surface area contributed by atoms with E-state index >= 15 is 0 Å². The van der Waals surface area contributed by atoms with Gasteiger partial charge in [0.15, 0.2) is 0 Å². The van der Waals surface area contributed by atoms with Gasteiger partial charge in [-0.1, -0.05) is 41.7 Å². The molecule has 3 aliphatic heterocycles. The monoisotopic (exact) mass is 453 g/mol. The Morgan fingerprint density at radius 3 is 2.34 bits per heavy atom. The van der Waals surface area contributed by atoms with Crippen LogP contribution >= 0.6 is 11.3 Å². The van der Waals surface area contributed by atoms with E-state index in [1.165, 1.54) is 16.9 Å². The van der Waals surface area contributed by atoms with Crippen LogP contribution in [0.1, 0.15) is 44.1 Å². The number of rotatable bonds is 5. The highest BCUT2D eigenvalue weighted by Crippen LogP contribution is 2.33. The lowest BCUT2D eigenvalue weighted by molar-refractivity contribution is -0.137. The van der Waals surface area contributed by atoms with Crippen LogP contribution in [0, 0.1) is 11.8 Å². The number of hydrogen-bond donors (Lipinski definition) is 0. The largest absolute Gasteiger partial charge is 0.347 e. The molecule has 4 heterocycles. The summed E-state index contributed by atoms with van der Waals surface area (Å²) in [6, 6.07) is 10.7. The van der Waals surface area contributed by atoms with Crippen LogP contribution in [0.2, 0.25) is 0 Å². The molecule has 0 unspecified atom stereocenters. The standard InChI is InChI=1S/C24H31N5O2S/c30-21-7-4-12-29(21)24-26-25-23(32-24)28-15-10-20(11-16-28)22(31)27-13-8-19(9-14-27)17-18-5-2-1-3-6-18/h1-3,5-6,19-20H,4,7-17H2. The molecular weight excluding hydrogens is 422 g/mol. The molecule has 2 aromatic rings. The number of likely N-dealkylation sites (tertiary alicyclic amines) is 1. The minimum atomic E-state index is 0.115. The summed E-state index contributed by atoms with van der Waals surface area (Å²) < 4.78 is 0. The maximum atomic E-state index is 13.1. The summed E-state index contributed by atoms with van der Waals surface area (Å²) in [5, 5.41) is 10.1. The molecule has 0 spiro atoms. The average Bonchev–Trinajstić information content (AvgIpc) is 3.49. The SMILES string of the molecule is O=C(C1CCN(c2nnc(N3CCCC3=O)s2)CC1)N1CCC(Cc2ccccc2)CC1. The lowest BCUT2D eigenvalue weighted by Crippen LogP contribution is -2.45. The van der Waals surface area contributed by atoms with Gasteiger partial charge in [0.2, 0.25) is 22.1 Å². The Morgan fingerprint density at radius 2 is 1.66 bits per heavy atom. The summed E-state index contributed by atoms with van der Waals surface area (Å²) in [6.45, 7) is 4.17. The molecule has 1 aromatic carbocycles. The molecule has 0 radical (unpaired) electrons. The molecule has 0 atom stereocenters. The van der Waals surface area contributed by atoms with Crippen LogP contribution in [0.4, 0.5) is 10.3 Å². The zero-order valence-electron chi connectivity index (χ0n) is 18.5. The van der Waals surface area contributed by atoms with Crippen molar-refractivity contribution in [3.8, 4) is 0 Å². The lowest BCUT2D eigenvalue weighted by Gasteiger charge is -2.37. The molecule has 0 bridgehead atoms. The van der Waals surface area contributed by atoms with Gasteiger partial charge in [-0.3, -0.25) is 14.5 Å². The van der Waals surface area contributed by atoms with Crippen molar-refractivity contribution in [1.29, 1.82) is 0 Å². The second-order valence-corrected chi connectivity index (χ2v) is 10.2. The van der Waals surface area contributed by atoms with Crippen molar-refractivity contribution in [2.24, 2.45) is 11.8 Å². The first-order valence-corrected chi connectivity index (χ1v) is 12.7. The summed E-state index contributed by atoms with van der Waals surface area (Å²) in [6.07, 6.45) is 6.54. The Balaban J connectivity index is 1.09. The number of carbonyl (C=O) groups is 2. The Labute approximate surface area is 193 Å². The van der Waals surface area contributed by atoms with Crippen molar-refractivity contribution >= 4 is 33.4 Å². The van der Waals surface area contributed by atoms with Gasteiger partial charge in [0, 0.05) is 45.1 Å². The van der Waals surface area contributed by atoms with E-state index in [0.29, 0.717) is 23.4 Å². The van der Waals surface area contributed by atoms with Gasteiger partial charge < -0.3 is 9.80 Å². The van der Waals surface area contributed by atoms with Crippen molar-refractivity contribution in [2.75, 3.05) is 42.5 Å². The van der Waals surface area contributed by atoms with E-state index in [9.17, 15) is 9.59 Å². The minimum absolute atomic E-state index is 0.115. The van der Waals surface area contributed by atoms with Crippen LogP contribution in [-0.2, 0) is 16.0 Å². The van der Waals surface area contributed by atoms with E-state index in [-0.39, 0.29) is 11.8 Å². The lowest BCUT2D eigenvalue weighted by atomic mass is 9.88. The average molecular weight is 454 g/mol. The van der Waals surface area contributed by atoms with Crippen molar-refractivity contribution in [2.45, 2.75) is 44.9 Å². The highest BCUT2D eigenvalue weighted by atomic mass is 32.1. The number of nitrogens with zero attached hydrogens (tertiary/aromatic N) is 5. The van der Waals surface area contributed by atoms with E-state index in [1.807, 2.05) is 0 Å². The van der Waals surface area contributed by atoms with Crippen LogP contribution in [0.15, 0.2) is 30.3 Å². The smallest absolute Gasteiger partial charge is 0.228 e. The summed E-state index contributed by atoms with van der Waals surface area (Å²) >= 11 is 1.49. The van der Waals surface area contributed by atoms with Crippen LogP contribution in [0.5, 0.6) is 0 Å². The fourth-order valence-electron chi connectivity index (χ4n) is 5.18. The van der Waals surface area contributed by atoms with Crippen molar-refractivity contribution in [3.63, 3.8) is 0 Å². The van der Waals surface area contributed by atoms with E-state index in [2.05, 4.69) is 50.3 Å². The van der Waals surface area contributed by atoms with Gasteiger partial charge in [-0.2, -0.15) is 0 Å². The Morgan fingerprint density at radius 1 is 0.938 bits per heavy atom. The molecule has 0 aliphatic carbocycles. The number of aromatic nitrogens is 2. The predicted octanol–water partition coefficient (Wildman–Crippen LogP) is 3.36. The first-order chi connectivity index (χ1) is 15.7. The first-order valence-electron chi connectivity index (χ1n) is 11.9. The second kappa shape index (κ2) is 9.57. The van der Waals surface area contributed by atoms with E-state index in [1.54, 1.807) is 4.90 Å². The number of piperidine rings is 2. The minimum Gasteiger partial charge on any atom is -0.347 e. The normalized spacial score (nSPS) is 20.9. The zero-order chi connectivity index (χ0) is 21.9. The van der Waals surface area contributed by atoms with Crippen LogP contribution in [0.3, 0.4) is 0 Å². The second-order valence-electron chi connectivity index (χ2n) is 9.24. The molecule has 5 rings (SSSR count). The zero-order valence-corrected chi connectivity index (χ0v) is 19.3. The predicted molar refractivity (Wildman–Crippen MR) is 126 cm³/mol. The summed E-state index contributed by atoms with van der Waals surface area (Å²) in [4.78, 5) is 31.1. The number of anilines is 2. The highest BCUT2D eigenvalue weighted by Gasteiger charge is 2.32. The maximum Gasteiger partial charge on any atom is 0.228 e. The maximum absolute atomic E-state index is 13.1. The van der Waals surface area contributed by atoms with Crippen LogP contribution < -0.4 is 9.80 Å². The van der Waals surface area contributed by atoms with Gasteiger partial charge in [0.25, 0.3) is 0 Å². The number of amides is 2. The topological polar surface area (TPSA) is 69.6 Å². The van der Waals surface area contributed by atoms with Gasteiger partial charge in [-0.05, 0) is 50.0 Å². The molecule has 2 amide bonds. The fourth-order valence-corrected chi connectivity index (χ4v) is 6.12. The van der Waals surface area contributed by atoms with Gasteiger partial charge >= 0.3 is 0 Å². The van der Waals surface area contributed by atoms with Gasteiger partial charge in [0.05, 0.1) is 0 Å².